The highest BCUT2D eigenvalue weighted by Gasteiger charge is 2.24. The Morgan fingerprint density at radius 3 is 2.55 bits per heavy atom. The summed E-state index contributed by atoms with van der Waals surface area (Å²) in [5.41, 5.74) is 1.13. The van der Waals surface area contributed by atoms with Crippen molar-refractivity contribution in [2.24, 2.45) is 5.92 Å². The van der Waals surface area contributed by atoms with Gasteiger partial charge in [0.15, 0.2) is 0 Å². The number of pyridine rings is 1. The summed E-state index contributed by atoms with van der Waals surface area (Å²) in [4.78, 5) is 4.06. The zero-order valence-electron chi connectivity index (χ0n) is 13.4. The lowest BCUT2D eigenvalue weighted by Crippen LogP contribution is -2.13. The van der Waals surface area contributed by atoms with Crippen molar-refractivity contribution in [1.82, 2.24) is 15.2 Å². The molecule has 0 unspecified atom stereocenters. The van der Waals surface area contributed by atoms with Crippen molar-refractivity contribution < 1.29 is 0 Å². The first-order chi connectivity index (χ1) is 10.9. The molecule has 0 aliphatic heterocycles. The molecule has 0 bridgehead atoms. The Morgan fingerprint density at radius 2 is 1.82 bits per heavy atom. The maximum atomic E-state index is 4.46. The SMILES string of the molecule is CCCCCC1CCC(c2nnc(-c3ccncc3)s2)CC1. The predicted octanol–water partition coefficient (Wildman–Crippen LogP) is 5.45. The minimum Gasteiger partial charge on any atom is -0.265 e. The lowest BCUT2D eigenvalue weighted by Gasteiger charge is -2.27. The summed E-state index contributed by atoms with van der Waals surface area (Å²) in [7, 11) is 0. The minimum atomic E-state index is 0.635. The van der Waals surface area contributed by atoms with Crippen molar-refractivity contribution in [1.29, 1.82) is 0 Å². The summed E-state index contributed by atoms with van der Waals surface area (Å²) in [6.07, 6.45) is 14.5. The highest BCUT2D eigenvalue weighted by Crippen LogP contribution is 2.39. The maximum Gasteiger partial charge on any atom is 0.147 e. The van der Waals surface area contributed by atoms with Gasteiger partial charge in [0.05, 0.1) is 0 Å². The van der Waals surface area contributed by atoms with Gasteiger partial charge in [0, 0.05) is 23.9 Å². The largest absolute Gasteiger partial charge is 0.265 e. The van der Waals surface area contributed by atoms with Gasteiger partial charge in [-0.25, -0.2) is 0 Å². The van der Waals surface area contributed by atoms with E-state index in [4.69, 9.17) is 0 Å². The Morgan fingerprint density at radius 1 is 1.05 bits per heavy atom. The molecule has 0 saturated heterocycles. The molecule has 1 aliphatic rings. The molecule has 2 aromatic rings. The molecule has 0 N–H and O–H groups in total. The minimum absolute atomic E-state index is 0.635. The molecule has 0 atom stereocenters. The van der Waals surface area contributed by atoms with Crippen LogP contribution in [-0.4, -0.2) is 15.2 Å². The fourth-order valence-corrected chi connectivity index (χ4v) is 4.41. The molecule has 2 aromatic heterocycles. The summed E-state index contributed by atoms with van der Waals surface area (Å²) < 4.78 is 0. The first-order valence-corrected chi connectivity index (χ1v) is 9.42. The molecule has 1 aliphatic carbocycles. The molecule has 3 nitrogen and oxygen atoms in total. The second-order valence-corrected chi connectivity index (χ2v) is 7.40. The Kier molecular flexibility index (Phi) is 5.54. The van der Waals surface area contributed by atoms with Crippen molar-refractivity contribution in [3.8, 4) is 10.6 Å². The summed E-state index contributed by atoms with van der Waals surface area (Å²) in [6, 6.07) is 4.02. The fraction of sp³-hybridized carbons (Fsp3) is 0.611. The van der Waals surface area contributed by atoms with Crippen molar-refractivity contribution in [2.45, 2.75) is 64.2 Å². The Labute approximate surface area is 137 Å². The van der Waals surface area contributed by atoms with Crippen molar-refractivity contribution >= 4 is 11.3 Å². The number of rotatable bonds is 6. The molecule has 0 amide bonds. The molecule has 0 radical (unpaired) electrons. The van der Waals surface area contributed by atoms with Crippen LogP contribution < -0.4 is 0 Å². The van der Waals surface area contributed by atoms with Gasteiger partial charge in [-0.2, -0.15) is 0 Å². The topological polar surface area (TPSA) is 38.7 Å². The van der Waals surface area contributed by atoms with E-state index in [1.54, 1.807) is 11.3 Å². The van der Waals surface area contributed by atoms with Gasteiger partial charge in [0.2, 0.25) is 0 Å². The van der Waals surface area contributed by atoms with Crippen LogP contribution in [0.15, 0.2) is 24.5 Å². The van der Waals surface area contributed by atoms with Crippen molar-refractivity contribution in [3.63, 3.8) is 0 Å². The number of hydrogen-bond acceptors (Lipinski definition) is 4. The zero-order chi connectivity index (χ0) is 15.2. The molecule has 22 heavy (non-hydrogen) atoms. The summed E-state index contributed by atoms with van der Waals surface area (Å²) in [5, 5.41) is 11.1. The van der Waals surface area contributed by atoms with Gasteiger partial charge in [-0.05, 0) is 43.7 Å². The number of unbranched alkanes of at least 4 members (excludes halogenated alkanes) is 2. The molecule has 0 aromatic carbocycles. The van der Waals surface area contributed by atoms with E-state index in [9.17, 15) is 0 Å². The van der Waals surface area contributed by atoms with Crippen LogP contribution in [0.3, 0.4) is 0 Å². The van der Waals surface area contributed by atoms with Crippen LogP contribution in [0.1, 0.15) is 69.2 Å². The van der Waals surface area contributed by atoms with E-state index in [-0.39, 0.29) is 0 Å². The second kappa shape index (κ2) is 7.82. The third kappa shape index (κ3) is 3.92. The molecule has 2 heterocycles. The first kappa shape index (κ1) is 15.6. The van der Waals surface area contributed by atoms with Crippen LogP contribution in [-0.2, 0) is 0 Å². The Hall–Kier alpha value is -1.29. The highest BCUT2D eigenvalue weighted by atomic mass is 32.1. The lowest BCUT2D eigenvalue weighted by atomic mass is 9.80. The number of nitrogens with zero attached hydrogens (tertiary/aromatic N) is 3. The molecule has 0 spiro atoms. The number of hydrogen-bond donors (Lipinski definition) is 0. The van der Waals surface area contributed by atoms with Crippen LogP contribution in [0, 0.1) is 5.92 Å². The van der Waals surface area contributed by atoms with E-state index in [1.165, 1.54) is 56.4 Å². The lowest BCUT2D eigenvalue weighted by molar-refractivity contribution is 0.302. The van der Waals surface area contributed by atoms with Crippen LogP contribution in [0.5, 0.6) is 0 Å². The molecule has 3 rings (SSSR count). The van der Waals surface area contributed by atoms with Gasteiger partial charge in [-0.3, -0.25) is 4.98 Å². The molecule has 1 fully saturated rings. The molecular weight excluding hydrogens is 290 g/mol. The second-order valence-electron chi connectivity index (χ2n) is 6.39. The standard InChI is InChI=1S/C18H25N3S/c1-2-3-4-5-14-6-8-15(9-7-14)17-20-21-18(22-17)16-10-12-19-13-11-16/h10-15H,2-9H2,1H3. The van der Waals surface area contributed by atoms with Gasteiger partial charge in [0.25, 0.3) is 0 Å². The fourth-order valence-electron chi connectivity index (χ4n) is 3.39. The average Bonchev–Trinajstić information content (AvgIpc) is 3.07. The summed E-state index contributed by atoms with van der Waals surface area (Å²) >= 11 is 1.77. The van der Waals surface area contributed by atoms with Gasteiger partial charge in [-0.15, -0.1) is 10.2 Å². The smallest absolute Gasteiger partial charge is 0.147 e. The van der Waals surface area contributed by atoms with Crippen molar-refractivity contribution in [3.05, 3.63) is 29.5 Å². The van der Waals surface area contributed by atoms with Gasteiger partial charge in [-0.1, -0.05) is 43.9 Å². The molecule has 4 heteroatoms. The van der Waals surface area contributed by atoms with Crippen LogP contribution >= 0.6 is 11.3 Å². The predicted molar refractivity (Wildman–Crippen MR) is 92.0 cm³/mol. The molecular formula is C18H25N3S. The third-order valence-electron chi connectivity index (χ3n) is 4.78. The van der Waals surface area contributed by atoms with Gasteiger partial charge >= 0.3 is 0 Å². The zero-order valence-corrected chi connectivity index (χ0v) is 14.2. The maximum absolute atomic E-state index is 4.46. The first-order valence-electron chi connectivity index (χ1n) is 8.60. The summed E-state index contributed by atoms with van der Waals surface area (Å²) in [6.45, 7) is 2.28. The monoisotopic (exact) mass is 315 g/mol. The van der Waals surface area contributed by atoms with Crippen LogP contribution in [0.4, 0.5) is 0 Å². The molecule has 118 valence electrons. The normalized spacial score (nSPS) is 21.9. The molecule has 1 saturated carbocycles. The highest BCUT2D eigenvalue weighted by molar-refractivity contribution is 7.14. The van der Waals surface area contributed by atoms with E-state index in [0.717, 1.165) is 16.5 Å². The van der Waals surface area contributed by atoms with E-state index >= 15 is 0 Å². The van der Waals surface area contributed by atoms with E-state index in [1.807, 2.05) is 24.5 Å². The van der Waals surface area contributed by atoms with Crippen molar-refractivity contribution in [2.75, 3.05) is 0 Å². The Balaban J connectivity index is 1.55. The van der Waals surface area contributed by atoms with Gasteiger partial charge in [0.1, 0.15) is 10.0 Å². The van der Waals surface area contributed by atoms with Crippen LogP contribution in [0.25, 0.3) is 10.6 Å². The van der Waals surface area contributed by atoms with E-state index in [2.05, 4.69) is 22.1 Å². The van der Waals surface area contributed by atoms with E-state index in [0.29, 0.717) is 5.92 Å². The number of aromatic nitrogens is 3. The quantitative estimate of drug-likeness (QED) is 0.665. The average molecular weight is 315 g/mol. The third-order valence-corrected chi connectivity index (χ3v) is 5.91. The van der Waals surface area contributed by atoms with Gasteiger partial charge < -0.3 is 0 Å². The Bertz CT molecular complexity index is 559. The van der Waals surface area contributed by atoms with E-state index < -0.39 is 0 Å². The summed E-state index contributed by atoms with van der Waals surface area (Å²) in [5.74, 6) is 1.59. The van der Waals surface area contributed by atoms with Crippen LogP contribution in [0.2, 0.25) is 0 Å².